The molecule has 0 radical (unpaired) electrons. The van der Waals surface area contributed by atoms with Crippen LogP contribution in [0.5, 0.6) is 0 Å². The molecule has 2 rings (SSSR count). The van der Waals surface area contributed by atoms with E-state index in [1.807, 2.05) is 24.3 Å². The lowest BCUT2D eigenvalue weighted by atomic mass is 10.4. The van der Waals surface area contributed by atoms with Gasteiger partial charge in [0.25, 0.3) is 0 Å². The monoisotopic (exact) mass is 237 g/mol. The zero-order chi connectivity index (χ0) is 10.7. The van der Waals surface area contributed by atoms with Crippen LogP contribution in [0.1, 0.15) is 0 Å². The third-order valence-corrected chi connectivity index (χ3v) is 2.76. The summed E-state index contributed by atoms with van der Waals surface area (Å²) in [5.41, 5.74) is 5.55. The maximum Gasteiger partial charge on any atom is 0.194 e. The van der Waals surface area contributed by atoms with Gasteiger partial charge >= 0.3 is 0 Å². The molecule has 15 heavy (non-hydrogen) atoms. The largest absolute Gasteiger partial charge is 0.384 e. The number of hydrogen-bond donors (Lipinski definition) is 1. The highest BCUT2D eigenvalue weighted by Gasteiger charge is 2.00. The van der Waals surface area contributed by atoms with Crippen LogP contribution in [0.25, 0.3) is 0 Å². The lowest BCUT2D eigenvalue weighted by Crippen LogP contribution is -1.92. The first-order chi connectivity index (χ1) is 7.24. The van der Waals surface area contributed by atoms with Crippen molar-refractivity contribution in [1.29, 1.82) is 0 Å². The number of benzene rings is 1. The molecule has 0 spiro atoms. The van der Waals surface area contributed by atoms with Gasteiger partial charge in [0, 0.05) is 16.1 Å². The third kappa shape index (κ3) is 2.84. The molecule has 5 heteroatoms. The van der Waals surface area contributed by atoms with Crippen LogP contribution in [0.3, 0.4) is 0 Å². The van der Waals surface area contributed by atoms with Crippen molar-refractivity contribution in [2.75, 3.05) is 5.73 Å². The van der Waals surface area contributed by atoms with Gasteiger partial charge in [0.05, 0.1) is 0 Å². The fourth-order valence-corrected chi connectivity index (χ4v) is 2.10. The van der Waals surface area contributed by atoms with Gasteiger partial charge in [-0.15, -0.1) is 0 Å². The Morgan fingerprint density at radius 1 is 1.27 bits per heavy atom. The van der Waals surface area contributed by atoms with Crippen molar-refractivity contribution in [3.8, 4) is 0 Å². The van der Waals surface area contributed by atoms with Crippen molar-refractivity contribution in [3.05, 3.63) is 41.6 Å². The van der Waals surface area contributed by atoms with E-state index in [-0.39, 0.29) is 0 Å². The molecule has 0 unspecified atom stereocenters. The minimum absolute atomic E-state index is 0.467. The predicted molar refractivity (Wildman–Crippen MR) is 62.0 cm³/mol. The summed E-state index contributed by atoms with van der Waals surface area (Å²) in [6, 6.07) is 9.17. The first-order valence-electron chi connectivity index (χ1n) is 4.26. The first kappa shape index (κ1) is 10.3. The molecule has 1 heterocycles. The van der Waals surface area contributed by atoms with E-state index in [2.05, 4.69) is 9.97 Å². The van der Waals surface area contributed by atoms with E-state index in [4.69, 9.17) is 17.3 Å². The number of nitrogen functional groups attached to an aromatic ring is 1. The average molecular weight is 238 g/mol. The van der Waals surface area contributed by atoms with Crippen LogP contribution in [-0.4, -0.2) is 9.97 Å². The fraction of sp³-hybridized carbons (Fsp3) is 0. The number of hydrogen-bond acceptors (Lipinski definition) is 4. The van der Waals surface area contributed by atoms with Crippen LogP contribution in [0.4, 0.5) is 5.82 Å². The van der Waals surface area contributed by atoms with Crippen LogP contribution in [-0.2, 0) is 0 Å². The molecule has 0 saturated heterocycles. The number of rotatable bonds is 2. The summed E-state index contributed by atoms with van der Waals surface area (Å²) in [4.78, 5) is 9.17. The topological polar surface area (TPSA) is 51.8 Å². The average Bonchev–Trinajstić information content (AvgIpc) is 2.17. The number of nitrogens with zero attached hydrogens (tertiary/aromatic N) is 2. The van der Waals surface area contributed by atoms with Gasteiger partial charge in [0.15, 0.2) is 5.16 Å². The van der Waals surface area contributed by atoms with Crippen LogP contribution in [0, 0.1) is 0 Å². The van der Waals surface area contributed by atoms with Crippen molar-refractivity contribution in [1.82, 2.24) is 9.97 Å². The second-order valence-corrected chi connectivity index (χ2v) is 4.30. The summed E-state index contributed by atoms with van der Waals surface area (Å²) in [6.45, 7) is 0. The number of nitrogens with two attached hydrogens (primary N) is 1. The second-order valence-electron chi connectivity index (χ2n) is 2.82. The standard InChI is InChI=1S/C10H8ClN3S/c11-7-2-1-3-8(6-7)15-10-13-5-4-9(12)14-10/h1-6H,(H2,12,13,14). The van der Waals surface area contributed by atoms with Crippen LogP contribution < -0.4 is 5.73 Å². The quantitative estimate of drug-likeness (QED) is 0.816. The van der Waals surface area contributed by atoms with Gasteiger partial charge in [0.2, 0.25) is 0 Å². The van der Waals surface area contributed by atoms with Crippen LogP contribution >= 0.6 is 23.4 Å². The molecule has 0 aliphatic rings. The molecule has 0 atom stereocenters. The molecule has 0 aliphatic carbocycles. The lowest BCUT2D eigenvalue weighted by Gasteiger charge is -2.00. The second kappa shape index (κ2) is 4.51. The fourth-order valence-electron chi connectivity index (χ4n) is 1.04. The zero-order valence-corrected chi connectivity index (χ0v) is 9.29. The molecule has 1 aromatic carbocycles. The van der Waals surface area contributed by atoms with Gasteiger partial charge in [0.1, 0.15) is 5.82 Å². The Morgan fingerprint density at radius 2 is 2.13 bits per heavy atom. The Hall–Kier alpha value is -1.26. The Kier molecular flexibility index (Phi) is 3.08. The highest BCUT2D eigenvalue weighted by Crippen LogP contribution is 2.26. The molecule has 0 aliphatic heterocycles. The smallest absolute Gasteiger partial charge is 0.194 e. The molecular weight excluding hydrogens is 230 g/mol. The van der Waals surface area contributed by atoms with Crippen molar-refractivity contribution in [3.63, 3.8) is 0 Å². The number of halogens is 1. The molecule has 1 aromatic heterocycles. The highest BCUT2D eigenvalue weighted by molar-refractivity contribution is 7.99. The summed E-state index contributed by atoms with van der Waals surface area (Å²) >= 11 is 7.29. The summed E-state index contributed by atoms with van der Waals surface area (Å²) < 4.78 is 0. The van der Waals surface area contributed by atoms with Gasteiger partial charge in [-0.05, 0) is 36.0 Å². The summed E-state index contributed by atoms with van der Waals surface area (Å²) in [5, 5.41) is 1.32. The normalized spacial score (nSPS) is 10.2. The van der Waals surface area contributed by atoms with Crippen molar-refractivity contribution >= 4 is 29.2 Å². The van der Waals surface area contributed by atoms with Gasteiger partial charge in [-0.3, -0.25) is 0 Å². The molecule has 0 amide bonds. The van der Waals surface area contributed by atoms with E-state index >= 15 is 0 Å². The van der Waals surface area contributed by atoms with Gasteiger partial charge < -0.3 is 5.73 Å². The maximum absolute atomic E-state index is 5.86. The maximum atomic E-state index is 5.86. The van der Waals surface area contributed by atoms with Crippen LogP contribution in [0.15, 0.2) is 46.6 Å². The molecule has 2 aromatic rings. The SMILES string of the molecule is Nc1ccnc(Sc2cccc(Cl)c2)n1. The number of aromatic nitrogens is 2. The highest BCUT2D eigenvalue weighted by atomic mass is 35.5. The van der Waals surface area contributed by atoms with Gasteiger partial charge in [-0.1, -0.05) is 17.7 Å². The number of anilines is 1. The minimum Gasteiger partial charge on any atom is -0.384 e. The molecule has 2 N–H and O–H groups in total. The summed E-state index contributed by atoms with van der Waals surface area (Å²) in [6.07, 6.45) is 1.63. The molecule has 76 valence electrons. The van der Waals surface area contributed by atoms with Crippen LogP contribution in [0.2, 0.25) is 5.02 Å². The lowest BCUT2D eigenvalue weighted by molar-refractivity contribution is 0.976. The van der Waals surface area contributed by atoms with Crippen molar-refractivity contribution < 1.29 is 0 Å². The molecule has 0 saturated carbocycles. The molecule has 0 fully saturated rings. The Labute approximate surface area is 96.7 Å². The van der Waals surface area contributed by atoms with Crippen molar-refractivity contribution in [2.24, 2.45) is 0 Å². The van der Waals surface area contributed by atoms with E-state index < -0.39 is 0 Å². The van der Waals surface area contributed by atoms with E-state index in [1.165, 1.54) is 11.8 Å². The summed E-state index contributed by atoms with van der Waals surface area (Å²) in [5.74, 6) is 0.467. The molecular formula is C10H8ClN3S. The van der Waals surface area contributed by atoms with E-state index in [0.29, 0.717) is 16.0 Å². The molecule has 3 nitrogen and oxygen atoms in total. The van der Waals surface area contributed by atoms with E-state index in [9.17, 15) is 0 Å². The Balaban J connectivity index is 2.22. The van der Waals surface area contributed by atoms with E-state index in [0.717, 1.165) is 4.90 Å². The summed E-state index contributed by atoms with van der Waals surface area (Å²) in [7, 11) is 0. The Bertz CT molecular complexity index is 432. The van der Waals surface area contributed by atoms with Crippen molar-refractivity contribution in [2.45, 2.75) is 10.1 Å². The first-order valence-corrected chi connectivity index (χ1v) is 5.45. The van der Waals surface area contributed by atoms with Gasteiger partial charge in [-0.25, -0.2) is 9.97 Å². The van der Waals surface area contributed by atoms with Gasteiger partial charge in [-0.2, -0.15) is 0 Å². The zero-order valence-electron chi connectivity index (χ0n) is 7.72. The third-order valence-electron chi connectivity index (χ3n) is 1.66. The van der Waals surface area contributed by atoms with E-state index in [1.54, 1.807) is 12.3 Å². The molecule has 0 bridgehead atoms. The minimum atomic E-state index is 0.467. The Morgan fingerprint density at radius 3 is 2.87 bits per heavy atom. The predicted octanol–water partition coefficient (Wildman–Crippen LogP) is 2.86.